The fourth-order valence-electron chi connectivity index (χ4n) is 2.47. The van der Waals surface area contributed by atoms with E-state index in [2.05, 4.69) is 5.32 Å². The van der Waals surface area contributed by atoms with Crippen molar-refractivity contribution >= 4 is 29.1 Å². The fourth-order valence-corrected chi connectivity index (χ4v) is 3.11. The van der Waals surface area contributed by atoms with Gasteiger partial charge in [-0.05, 0) is 24.3 Å². The van der Waals surface area contributed by atoms with Crippen LogP contribution in [-0.2, 0) is 14.3 Å². The lowest BCUT2D eigenvalue weighted by Gasteiger charge is -2.30. The first-order chi connectivity index (χ1) is 10.6. The van der Waals surface area contributed by atoms with E-state index in [1.54, 1.807) is 11.0 Å². The average molecular weight is 324 g/mol. The number of amides is 2. The second-order valence-electron chi connectivity index (χ2n) is 5.16. The van der Waals surface area contributed by atoms with Gasteiger partial charge in [-0.2, -0.15) is 0 Å². The van der Waals surface area contributed by atoms with E-state index >= 15 is 0 Å². The molecule has 1 fully saturated rings. The molecule has 1 N–H and O–H groups in total. The van der Waals surface area contributed by atoms with E-state index in [-0.39, 0.29) is 30.1 Å². The van der Waals surface area contributed by atoms with Gasteiger partial charge in [0.25, 0.3) is 5.91 Å². The summed E-state index contributed by atoms with van der Waals surface area (Å²) in [4.78, 5) is 37.6. The van der Waals surface area contributed by atoms with E-state index < -0.39 is 0 Å². The summed E-state index contributed by atoms with van der Waals surface area (Å²) in [6.07, 6.45) is 1.56. The highest BCUT2D eigenvalue weighted by Gasteiger charge is 2.27. The van der Waals surface area contributed by atoms with Gasteiger partial charge in [0.1, 0.15) is 0 Å². The standard InChI is InChI=1S/C15H20N2O4S/c1-21-15(20)11-5-8-17(9-6-11)13(18)4-7-16-14(19)12-3-2-10-22-12/h2-3,10-11H,4-9H2,1H3,(H,16,19). The number of thiophene rings is 1. The normalized spacial score (nSPS) is 15.4. The second kappa shape index (κ2) is 7.93. The Bertz CT molecular complexity index is 522. The van der Waals surface area contributed by atoms with Gasteiger partial charge in [-0.25, -0.2) is 0 Å². The van der Waals surface area contributed by atoms with Crippen LogP contribution in [-0.4, -0.2) is 49.4 Å². The lowest BCUT2D eigenvalue weighted by atomic mass is 9.97. The molecule has 0 aromatic carbocycles. The molecule has 1 aliphatic rings. The molecule has 0 aliphatic carbocycles. The molecule has 120 valence electrons. The third kappa shape index (κ3) is 4.30. The van der Waals surface area contributed by atoms with E-state index in [4.69, 9.17) is 4.74 Å². The highest BCUT2D eigenvalue weighted by molar-refractivity contribution is 7.12. The highest BCUT2D eigenvalue weighted by atomic mass is 32.1. The Morgan fingerprint density at radius 1 is 1.36 bits per heavy atom. The van der Waals surface area contributed by atoms with Gasteiger partial charge in [0, 0.05) is 26.1 Å². The molecule has 0 bridgehead atoms. The number of piperidine rings is 1. The summed E-state index contributed by atoms with van der Waals surface area (Å²) in [6.45, 7) is 1.46. The van der Waals surface area contributed by atoms with Gasteiger partial charge < -0.3 is 15.0 Å². The zero-order chi connectivity index (χ0) is 15.9. The van der Waals surface area contributed by atoms with Crippen molar-refractivity contribution in [1.82, 2.24) is 10.2 Å². The number of rotatable bonds is 5. The van der Waals surface area contributed by atoms with Gasteiger partial charge in [0.15, 0.2) is 0 Å². The maximum atomic E-state index is 12.1. The van der Waals surface area contributed by atoms with E-state index in [9.17, 15) is 14.4 Å². The largest absolute Gasteiger partial charge is 0.469 e. The maximum Gasteiger partial charge on any atom is 0.308 e. The van der Waals surface area contributed by atoms with Crippen molar-refractivity contribution in [2.24, 2.45) is 5.92 Å². The van der Waals surface area contributed by atoms with Crippen molar-refractivity contribution < 1.29 is 19.1 Å². The minimum Gasteiger partial charge on any atom is -0.469 e. The van der Waals surface area contributed by atoms with Crippen LogP contribution in [0.2, 0.25) is 0 Å². The van der Waals surface area contributed by atoms with Gasteiger partial charge in [0.05, 0.1) is 17.9 Å². The van der Waals surface area contributed by atoms with Crippen molar-refractivity contribution in [1.29, 1.82) is 0 Å². The predicted octanol–water partition coefficient (Wildman–Crippen LogP) is 1.28. The molecule has 2 amide bonds. The number of nitrogens with one attached hydrogen (secondary N) is 1. The lowest BCUT2D eigenvalue weighted by Crippen LogP contribution is -2.41. The molecule has 7 heteroatoms. The van der Waals surface area contributed by atoms with Gasteiger partial charge in [-0.3, -0.25) is 14.4 Å². The first kappa shape index (κ1) is 16.5. The quantitative estimate of drug-likeness (QED) is 0.828. The Morgan fingerprint density at radius 2 is 2.09 bits per heavy atom. The molecule has 1 aromatic heterocycles. The fraction of sp³-hybridized carbons (Fsp3) is 0.533. The zero-order valence-electron chi connectivity index (χ0n) is 12.5. The monoisotopic (exact) mass is 324 g/mol. The molecule has 0 unspecified atom stereocenters. The van der Waals surface area contributed by atoms with E-state index in [1.807, 2.05) is 11.4 Å². The van der Waals surface area contributed by atoms with Crippen LogP contribution in [0.5, 0.6) is 0 Å². The summed E-state index contributed by atoms with van der Waals surface area (Å²) < 4.78 is 4.72. The summed E-state index contributed by atoms with van der Waals surface area (Å²) >= 11 is 1.37. The Morgan fingerprint density at radius 3 is 2.68 bits per heavy atom. The van der Waals surface area contributed by atoms with Crippen LogP contribution in [0.3, 0.4) is 0 Å². The summed E-state index contributed by atoms with van der Waals surface area (Å²) in [5, 5.41) is 4.58. The average Bonchev–Trinajstić information content (AvgIpc) is 3.08. The molecule has 1 aromatic rings. The molecule has 0 spiro atoms. The number of methoxy groups -OCH3 is 1. The summed E-state index contributed by atoms with van der Waals surface area (Å²) in [7, 11) is 1.39. The first-order valence-corrected chi connectivity index (χ1v) is 8.17. The molecule has 6 nitrogen and oxygen atoms in total. The van der Waals surface area contributed by atoms with E-state index in [1.165, 1.54) is 18.4 Å². The van der Waals surface area contributed by atoms with Gasteiger partial charge in [-0.15, -0.1) is 11.3 Å². The highest BCUT2D eigenvalue weighted by Crippen LogP contribution is 2.18. The summed E-state index contributed by atoms with van der Waals surface area (Å²) in [5.74, 6) is -0.440. The first-order valence-electron chi connectivity index (χ1n) is 7.29. The summed E-state index contributed by atoms with van der Waals surface area (Å²) in [5.41, 5.74) is 0. The molecule has 2 heterocycles. The van der Waals surface area contributed by atoms with Crippen LogP contribution in [0.1, 0.15) is 28.9 Å². The lowest BCUT2D eigenvalue weighted by molar-refractivity contribution is -0.148. The number of esters is 1. The number of nitrogens with zero attached hydrogens (tertiary/aromatic N) is 1. The van der Waals surface area contributed by atoms with Crippen LogP contribution in [0.4, 0.5) is 0 Å². The number of hydrogen-bond donors (Lipinski definition) is 1. The van der Waals surface area contributed by atoms with Crippen molar-refractivity contribution in [3.8, 4) is 0 Å². The number of carbonyl (C=O) groups excluding carboxylic acids is 3. The van der Waals surface area contributed by atoms with Crippen molar-refractivity contribution in [3.63, 3.8) is 0 Å². The minimum atomic E-state index is -0.199. The predicted molar refractivity (Wildman–Crippen MR) is 82.6 cm³/mol. The van der Waals surface area contributed by atoms with Gasteiger partial charge in [-0.1, -0.05) is 6.07 Å². The Labute approximate surface area is 133 Å². The minimum absolute atomic E-state index is 0.00907. The zero-order valence-corrected chi connectivity index (χ0v) is 13.4. The van der Waals surface area contributed by atoms with Crippen molar-refractivity contribution in [2.45, 2.75) is 19.3 Å². The second-order valence-corrected chi connectivity index (χ2v) is 6.11. The van der Waals surface area contributed by atoms with Crippen LogP contribution < -0.4 is 5.32 Å². The Kier molecular flexibility index (Phi) is 5.94. The van der Waals surface area contributed by atoms with Crippen LogP contribution >= 0.6 is 11.3 Å². The topological polar surface area (TPSA) is 75.7 Å². The third-order valence-electron chi connectivity index (χ3n) is 3.75. The van der Waals surface area contributed by atoms with Gasteiger partial charge >= 0.3 is 5.97 Å². The molecule has 0 atom stereocenters. The Hall–Kier alpha value is -1.89. The Balaban J connectivity index is 1.68. The number of ether oxygens (including phenoxy) is 1. The van der Waals surface area contributed by atoms with E-state index in [0.717, 1.165) is 0 Å². The van der Waals surface area contributed by atoms with E-state index in [0.29, 0.717) is 37.4 Å². The third-order valence-corrected chi connectivity index (χ3v) is 4.62. The smallest absolute Gasteiger partial charge is 0.308 e. The molecule has 1 saturated heterocycles. The van der Waals surface area contributed by atoms with Gasteiger partial charge in [0.2, 0.25) is 5.91 Å². The molecule has 22 heavy (non-hydrogen) atoms. The molecule has 0 radical (unpaired) electrons. The molecular formula is C15H20N2O4S. The van der Waals surface area contributed by atoms with Crippen LogP contribution in [0.15, 0.2) is 17.5 Å². The SMILES string of the molecule is COC(=O)C1CCN(C(=O)CCNC(=O)c2cccs2)CC1. The summed E-state index contributed by atoms with van der Waals surface area (Å²) in [6, 6.07) is 3.57. The van der Waals surface area contributed by atoms with Crippen molar-refractivity contribution in [2.75, 3.05) is 26.7 Å². The molecular weight excluding hydrogens is 304 g/mol. The number of hydrogen-bond acceptors (Lipinski definition) is 5. The molecule has 1 aliphatic heterocycles. The van der Waals surface area contributed by atoms with Crippen LogP contribution in [0.25, 0.3) is 0 Å². The molecule has 2 rings (SSSR count). The maximum absolute atomic E-state index is 12.1. The number of likely N-dealkylation sites (tertiary alicyclic amines) is 1. The van der Waals surface area contributed by atoms with Crippen molar-refractivity contribution in [3.05, 3.63) is 22.4 Å². The van der Waals surface area contributed by atoms with Crippen LogP contribution in [0, 0.1) is 5.92 Å². The molecule has 0 saturated carbocycles. The number of carbonyl (C=O) groups is 3.